The van der Waals surface area contributed by atoms with E-state index in [4.69, 9.17) is 14.2 Å². The van der Waals surface area contributed by atoms with Gasteiger partial charge in [0.1, 0.15) is 13.2 Å². The molecular formula is C59H88O6. The molecule has 0 radical (unpaired) electrons. The molecule has 0 aliphatic carbocycles. The summed E-state index contributed by atoms with van der Waals surface area (Å²) in [4.78, 5) is 38.0. The fourth-order valence-corrected chi connectivity index (χ4v) is 6.02. The molecule has 1 unspecified atom stereocenters. The largest absolute Gasteiger partial charge is 0.462 e. The van der Waals surface area contributed by atoms with Crippen molar-refractivity contribution in [2.75, 3.05) is 13.2 Å². The third-order valence-corrected chi connectivity index (χ3v) is 9.70. The smallest absolute Gasteiger partial charge is 0.306 e. The van der Waals surface area contributed by atoms with Gasteiger partial charge in [-0.3, -0.25) is 14.4 Å². The molecule has 0 amide bonds. The number of carbonyl (C=O) groups is 3. The van der Waals surface area contributed by atoms with Crippen molar-refractivity contribution in [1.29, 1.82) is 0 Å². The van der Waals surface area contributed by atoms with Gasteiger partial charge in [0.05, 0.1) is 0 Å². The highest BCUT2D eigenvalue weighted by Gasteiger charge is 2.19. The van der Waals surface area contributed by atoms with Crippen molar-refractivity contribution in [2.45, 2.75) is 181 Å². The van der Waals surface area contributed by atoms with Crippen LogP contribution in [-0.2, 0) is 28.6 Å². The van der Waals surface area contributed by atoms with E-state index in [1.165, 1.54) is 0 Å². The molecule has 65 heavy (non-hydrogen) atoms. The van der Waals surface area contributed by atoms with Crippen LogP contribution in [-0.4, -0.2) is 37.2 Å². The summed E-state index contributed by atoms with van der Waals surface area (Å²) in [6.07, 6.45) is 75.1. The highest BCUT2D eigenvalue weighted by Crippen LogP contribution is 2.12. The van der Waals surface area contributed by atoms with Gasteiger partial charge >= 0.3 is 17.9 Å². The van der Waals surface area contributed by atoms with Gasteiger partial charge in [-0.05, 0) is 103 Å². The predicted molar refractivity (Wildman–Crippen MR) is 278 cm³/mol. The van der Waals surface area contributed by atoms with Gasteiger partial charge in [-0.15, -0.1) is 0 Å². The minimum absolute atomic E-state index is 0.126. The summed E-state index contributed by atoms with van der Waals surface area (Å²) in [5, 5.41) is 0. The maximum Gasteiger partial charge on any atom is 0.306 e. The Hall–Kier alpha value is -4.97. The van der Waals surface area contributed by atoms with Crippen molar-refractivity contribution < 1.29 is 28.6 Å². The highest BCUT2D eigenvalue weighted by atomic mass is 16.6. The van der Waals surface area contributed by atoms with Gasteiger partial charge < -0.3 is 14.2 Å². The maximum absolute atomic E-state index is 12.8. The topological polar surface area (TPSA) is 78.9 Å². The lowest BCUT2D eigenvalue weighted by molar-refractivity contribution is -0.167. The van der Waals surface area contributed by atoms with E-state index in [9.17, 15) is 14.4 Å². The van der Waals surface area contributed by atoms with Crippen LogP contribution in [0.1, 0.15) is 175 Å². The molecular weight excluding hydrogens is 805 g/mol. The van der Waals surface area contributed by atoms with Crippen molar-refractivity contribution in [1.82, 2.24) is 0 Å². The molecule has 0 aromatic heterocycles. The molecule has 6 heteroatoms. The Morgan fingerprint density at radius 1 is 0.323 bits per heavy atom. The van der Waals surface area contributed by atoms with E-state index >= 15 is 0 Å². The summed E-state index contributed by atoms with van der Waals surface area (Å²) in [5.74, 6) is -1.03. The summed E-state index contributed by atoms with van der Waals surface area (Å²) >= 11 is 0. The number of ether oxygens (including phenoxy) is 3. The molecule has 0 saturated heterocycles. The van der Waals surface area contributed by atoms with Crippen LogP contribution in [0.5, 0.6) is 0 Å². The van der Waals surface area contributed by atoms with Gasteiger partial charge in [0, 0.05) is 19.3 Å². The van der Waals surface area contributed by atoms with Gasteiger partial charge in [0.25, 0.3) is 0 Å². The number of hydrogen-bond donors (Lipinski definition) is 0. The van der Waals surface area contributed by atoms with Crippen LogP contribution in [0.4, 0.5) is 0 Å². The lowest BCUT2D eigenvalue weighted by Crippen LogP contribution is -2.30. The molecule has 0 saturated carbocycles. The van der Waals surface area contributed by atoms with Crippen LogP contribution in [0.3, 0.4) is 0 Å². The second-order valence-electron chi connectivity index (χ2n) is 15.8. The molecule has 0 rings (SSSR count). The van der Waals surface area contributed by atoms with Crippen LogP contribution < -0.4 is 0 Å². The molecule has 0 aromatic rings. The van der Waals surface area contributed by atoms with Gasteiger partial charge in [0.15, 0.2) is 6.10 Å². The molecule has 360 valence electrons. The van der Waals surface area contributed by atoms with E-state index in [-0.39, 0.29) is 37.5 Å². The van der Waals surface area contributed by atoms with Crippen LogP contribution in [0, 0.1) is 0 Å². The van der Waals surface area contributed by atoms with E-state index in [1.54, 1.807) is 0 Å². The zero-order valence-electron chi connectivity index (χ0n) is 40.9. The molecule has 0 N–H and O–H groups in total. The van der Waals surface area contributed by atoms with Crippen molar-refractivity contribution in [2.24, 2.45) is 0 Å². The second kappa shape index (κ2) is 51.7. The lowest BCUT2D eigenvalue weighted by atomic mass is 10.1. The zero-order valence-corrected chi connectivity index (χ0v) is 40.9. The molecule has 0 heterocycles. The first-order chi connectivity index (χ1) is 32.0. The standard InChI is InChI=1S/C59H88O6/c1-4-7-10-13-16-19-22-25-27-28-29-30-32-34-37-40-43-46-49-52-58(61)64-55-56(54-63-57(60)51-48-45-42-39-36-33-24-21-18-15-12-9-6-3)65-59(62)53-50-47-44-41-38-35-31-26-23-20-17-14-11-8-5-2/h7-12,14-21,23-27,29-31,33-34,36-37,56H,4-6,13,22,28,32,35,38-55H2,1-3H3/b10-7+,11-8+,12-9+,17-14+,18-15+,19-16+,23-20+,24-21+,27-25+,30-29+,31-26+,36-33+,37-34+. The average molecular weight is 893 g/mol. The van der Waals surface area contributed by atoms with E-state index in [0.29, 0.717) is 12.8 Å². The summed E-state index contributed by atoms with van der Waals surface area (Å²) in [6, 6.07) is 0. The maximum atomic E-state index is 12.8. The highest BCUT2D eigenvalue weighted by molar-refractivity contribution is 5.71. The summed E-state index contributed by atoms with van der Waals surface area (Å²) < 4.78 is 16.7. The van der Waals surface area contributed by atoms with Crippen LogP contribution in [0.15, 0.2) is 158 Å². The molecule has 1 atom stereocenters. The van der Waals surface area contributed by atoms with Crippen molar-refractivity contribution >= 4 is 17.9 Å². The monoisotopic (exact) mass is 893 g/mol. The fourth-order valence-electron chi connectivity index (χ4n) is 6.02. The molecule has 0 fully saturated rings. The number of hydrogen-bond acceptors (Lipinski definition) is 6. The normalized spacial score (nSPS) is 13.5. The minimum atomic E-state index is -0.828. The van der Waals surface area contributed by atoms with E-state index in [2.05, 4.69) is 118 Å². The minimum Gasteiger partial charge on any atom is -0.462 e. The molecule has 0 aliphatic heterocycles. The Kier molecular flexibility index (Phi) is 47.7. The number of unbranched alkanes of at least 4 members (excludes halogenated alkanes) is 11. The Balaban J connectivity index is 4.58. The SMILES string of the molecule is CC/C=C/C=C/C=C/C=C/CCCCCCCC(=O)OC(COC(=O)CCCCC/C=C/C=C/C=C/C=C/CC)COC(=O)CCCCC/C=C/C/C=C/C/C=C/C/C=C/C/C=C/CC. The Labute approximate surface area is 397 Å². The zero-order chi connectivity index (χ0) is 47.2. The number of allylic oxidation sites excluding steroid dienone is 26. The Morgan fingerprint density at radius 3 is 1.06 bits per heavy atom. The Morgan fingerprint density at radius 2 is 0.631 bits per heavy atom. The summed E-state index contributed by atoms with van der Waals surface area (Å²) in [6.45, 7) is 6.12. The quantitative estimate of drug-likeness (QED) is 0.0200. The second-order valence-corrected chi connectivity index (χ2v) is 15.8. The van der Waals surface area contributed by atoms with Gasteiger partial charge in [0.2, 0.25) is 0 Å². The van der Waals surface area contributed by atoms with E-state index in [1.807, 2.05) is 60.8 Å². The first-order valence-electron chi connectivity index (χ1n) is 25.1. The van der Waals surface area contributed by atoms with Crippen molar-refractivity contribution in [3.8, 4) is 0 Å². The lowest BCUT2D eigenvalue weighted by Gasteiger charge is -2.18. The van der Waals surface area contributed by atoms with Gasteiger partial charge in [-0.25, -0.2) is 0 Å². The van der Waals surface area contributed by atoms with E-state index in [0.717, 1.165) is 135 Å². The van der Waals surface area contributed by atoms with Gasteiger partial charge in [-0.2, -0.15) is 0 Å². The molecule has 0 aliphatic rings. The van der Waals surface area contributed by atoms with Crippen molar-refractivity contribution in [3.63, 3.8) is 0 Å². The van der Waals surface area contributed by atoms with Crippen LogP contribution in [0.25, 0.3) is 0 Å². The fraction of sp³-hybridized carbons (Fsp3) is 0.508. The number of rotatable bonds is 42. The number of esters is 3. The molecule has 6 nitrogen and oxygen atoms in total. The molecule has 0 bridgehead atoms. The first kappa shape index (κ1) is 60.0. The van der Waals surface area contributed by atoms with Gasteiger partial charge in [-0.1, -0.05) is 211 Å². The van der Waals surface area contributed by atoms with Crippen LogP contribution in [0.2, 0.25) is 0 Å². The first-order valence-corrected chi connectivity index (χ1v) is 25.1. The Bertz CT molecular complexity index is 1540. The van der Waals surface area contributed by atoms with Crippen LogP contribution >= 0.6 is 0 Å². The summed E-state index contributed by atoms with van der Waals surface area (Å²) in [5.41, 5.74) is 0. The third kappa shape index (κ3) is 49.9. The predicted octanol–water partition coefficient (Wildman–Crippen LogP) is 16.6. The van der Waals surface area contributed by atoms with E-state index < -0.39 is 6.10 Å². The summed E-state index contributed by atoms with van der Waals surface area (Å²) in [7, 11) is 0. The molecule has 0 aromatic carbocycles. The average Bonchev–Trinajstić information content (AvgIpc) is 3.30. The van der Waals surface area contributed by atoms with Crippen molar-refractivity contribution in [3.05, 3.63) is 158 Å². The molecule has 0 spiro atoms. The number of carbonyl (C=O) groups excluding carboxylic acids is 3. The third-order valence-electron chi connectivity index (χ3n) is 9.70.